The molecule has 5 heteroatoms. The molecule has 7 aromatic carbocycles. The van der Waals surface area contributed by atoms with E-state index in [4.69, 9.17) is 19.4 Å². The number of hydrogen-bond donors (Lipinski definition) is 0. The minimum absolute atomic E-state index is 0.733. The van der Waals surface area contributed by atoms with Gasteiger partial charge in [0, 0.05) is 42.9 Å². The third-order valence-corrected chi connectivity index (χ3v) is 11.2. The van der Waals surface area contributed by atoms with Crippen LogP contribution in [0.2, 0.25) is 0 Å². The van der Waals surface area contributed by atoms with Crippen molar-refractivity contribution in [1.29, 1.82) is 0 Å². The van der Waals surface area contributed by atoms with Gasteiger partial charge in [0.15, 0.2) is 11.4 Å². The zero-order valence-electron chi connectivity index (χ0n) is 27.7. The molecule has 0 aliphatic heterocycles. The van der Waals surface area contributed by atoms with Crippen molar-refractivity contribution in [3.63, 3.8) is 0 Å². The van der Waals surface area contributed by atoms with Crippen LogP contribution in [0.1, 0.15) is 0 Å². The minimum atomic E-state index is 0.733. The highest BCUT2D eigenvalue weighted by molar-refractivity contribution is 7.26. The number of para-hydroxylation sites is 1. The van der Waals surface area contributed by atoms with Gasteiger partial charge in [-0.15, -0.1) is 11.3 Å². The first-order chi connectivity index (χ1) is 25.8. The van der Waals surface area contributed by atoms with Crippen LogP contribution in [-0.2, 0) is 0 Å². The molecule has 0 N–H and O–H groups in total. The molecule has 0 fully saturated rings. The largest absolute Gasteiger partial charge is 0.454 e. The number of fused-ring (bicyclic) bond motifs is 10. The molecule has 0 radical (unpaired) electrons. The Balaban J connectivity index is 1.05. The molecule has 0 saturated carbocycles. The molecule has 0 amide bonds. The van der Waals surface area contributed by atoms with E-state index in [0.29, 0.717) is 0 Å². The van der Waals surface area contributed by atoms with Crippen molar-refractivity contribution in [1.82, 2.24) is 15.0 Å². The Morgan fingerprint density at radius 2 is 1.15 bits per heavy atom. The van der Waals surface area contributed by atoms with Gasteiger partial charge in [-0.05, 0) is 46.2 Å². The van der Waals surface area contributed by atoms with Crippen molar-refractivity contribution in [3.8, 4) is 45.0 Å². The summed E-state index contributed by atoms with van der Waals surface area (Å²) in [6.07, 6.45) is 0. The highest BCUT2D eigenvalue weighted by Gasteiger charge is 2.20. The van der Waals surface area contributed by atoms with E-state index in [1.54, 1.807) is 11.3 Å². The molecule has 242 valence electrons. The summed E-state index contributed by atoms with van der Waals surface area (Å²) in [5, 5.41) is 6.86. The van der Waals surface area contributed by atoms with Gasteiger partial charge in [-0.3, -0.25) is 0 Å². The van der Waals surface area contributed by atoms with Crippen molar-refractivity contribution in [3.05, 3.63) is 164 Å². The molecule has 0 unspecified atom stereocenters. The molecule has 0 atom stereocenters. The van der Waals surface area contributed by atoms with Crippen molar-refractivity contribution in [2.24, 2.45) is 0 Å². The summed E-state index contributed by atoms with van der Waals surface area (Å²) < 4.78 is 8.94. The van der Waals surface area contributed by atoms with Crippen LogP contribution in [0.4, 0.5) is 0 Å². The van der Waals surface area contributed by atoms with Crippen molar-refractivity contribution in [2.75, 3.05) is 0 Å². The molecule has 4 heterocycles. The summed E-state index contributed by atoms with van der Waals surface area (Å²) in [5.41, 5.74) is 10.7. The lowest BCUT2D eigenvalue weighted by atomic mass is 9.96. The molecule has 0 aliphatic carbocycles. The number of nitrogens with zero attached hydrogens (tertiary/aromatic N) is 3. The zero-order valence-corrected chi connectivity index (χ0v) is 28.6. The van der Waals surface area contributed by atoms with E-state index in [2.05, 4.69) is 133 Å². The maximum Gasteiger partial charge on any atom is 0.162 e. The van der Waals surface area contributed by atoms with Crippen LogP contribution in [0.5, 0.6) is 0 Å². The molecule has 0 bridgehead atoms. The summed E-state index contributed by atoms with van der Waals surface area (Å²) in [6.45, 7) is 0. The predicted octanol–water partition coefficient (Wildman–Crippen LogP) is 13.1. The van der Waals surface area contributed by atoms with Gasteiger partial charge in [-0.2, -0.15) is 0 Å². The normalized spacial score (nSPS) is 11.8. The lowest BCUT2D eigenvalue weighted by Gasteiger charge is -2.11. The van der Waals surface area contributed by atoms with Crippen LogP contribution in [0.15, 0.2) is 168 Å². The van der Waals surface area contributed by atoms with E-state index in [1.807, 2.05) is 30.3 Å². The van der Waals surface area contributed by atoms with Crippen LogP contribution in [-0.4, -0.2) is 15.0 Å². The van der Waals surface area contributed by atoms with Gasteiger partial charge < -0.3 is 4.42 Å². The molecule has 52 heavy (non-hydrogen) atoms. The second-order valence-corrected chi connectivity index (χ2v) is 14.2. The van der Waals surface area contributed by atoms with Crippen molar-refractivity contribution >= 4 is 75.3 Å². The van der Waals surface area contributed by atoms with Gasteiger partial charge in [0.25, 0.3) is 0 Å². The van der Waals surface area contributed by atoms with Crippen molar-refractivity contribution < 1.29 is 4.42 Å². The Hall–Kier alpha value is -6.69. The van der Waals surface area contributed by atoms with Gasteiger partial charge in [0.2, 0.25) is 0 Å². The van der Waals surface area contributed by atoms with Gasteiger partial charge in [-0.1, -0.05) is 140 Å². The SMILES string of the molecule is c1ccc(-c2nc(-c3ccc(-c4cccc(-c5nc6ccc7ccccc7c6c6c5oc5ccccc56)c4)cc3)c3sc4ccccc4c3n2)cc1. The Morgan fingerprint density at radius 1 is 0.442 bits per heavy atom. The zero-order chi connectivity index (χ0) is 34.2. The first-order valence-corrected chi connectivity index (χ1v) is 18.2. The third-order valence-electron chi connectivity index (χ3n) is 10.1. The van der Waals surface area contributed by atoms with E-state index in [-0.39, 0.29) is 0 Å². The van der Waals surface area contributed by atoms with Gasteiger partial charge in [-0.25, -0.2) is 15.0 Å². The average molecular weight is 682 g/mol. The summed E-state index contributed by atoms with van der Waals surface area (Å²) in [4.78, 5) is 15.5. The van der Waals surface area contributed by atoms with E-state index < -0.39 is 0 Å². The molecule has 0 saturated heterocycles. The first-order valence-electron chi connectivity index (χ1n) is 17.4. The quantitative estimate of drug-likeness (QED) is 0.174. The number of benzene rings is 7. The summed E-state index contributed by atoms with van der Waals surface area (Å²) in [7, 11) is 0. The highest BCUT2D eigenvalue weighted by atomic mass is 32.1. The maximum absolute atomic E-state index is 6.63. The summed E-state index contributed by atoms with van der Waals surface area (Å²) >= 11 is 1.75. The van der Waals surface area contributed by atoms with Crippen LogP contribution in [0, 0.1) is 0 Å². The number of rotatable bonds is 4. The number of hydrogen-bond acceptors (Lipinski definition) is 5. The van der Waals surface area contributed by atoms with Gasteiger partial charge >= 0.3 is 0 Å². The fourth-order valence-electron chi connectivity index (χ4n) is 7.61. The number of thiophene rings is 1. The summed E-state index contributed by atoms with van der Waals surface area (Å²) in [5.74, 6) is 0.733. The fraction of sp³-hybridized carbons (Fsp3) is 0. The van der Waals surface area contributed by atoms with Crippen LogP contribution >= 0.6 is 11.3 Å². The highest BCUT2D eigenvalue weighted by Crippen LogP contribution is 2.43. The predicted molar refractivity (Wildman–Crippen MR) is 217 cm³/mol. The molecule has 11 aromatic rings. The second kappa shape index (κ2) is 11.4. The topological polar surface area (TPSA) is 51.8 Å². The van der Waals surface area contributed by atoms with Crippen LogP contribution in [0.25, 0.3) is 109 Å². The number of aromatic nitrogens is 3. The molecule has 0 spiro atoms. The number of furan rings is 1. The molecule has 4 nitrogen and oxygen atoms in total. The minimum Gasteiger partial charge on any atom is -0.454 e. The maximum atomic E-state index is 6.63. The Kier molecular flexibility index (Phi) is 6.39. The van der Waals surface area contributed by atoms with Crippen LogP contribution < -0.4 is 0 Å². The van der Waals surface area contributed by atoms with Gasteiger partial charge in [0.1, 0.15) is 11.3 Å². The molecular weight excluding hydrogens is 655 g/mol. The second-order valence-electron chi connectivity index (χ2n) is 13.1. The molecular formula is C47H27N3OS. The van der Waals surface area contributed by atoms with E-state index in [0.717, 1.165) is 93.5 Å². The van der Waals surface area contributed by atoms with E-state index in [9.17, 15) is 0 Å². The van der Waals surface area contributed by atoms with Crippen LogP contribution in [0.3, 0.4) is 0 Å². The Morgan fingerprint density at radius 3 is 2.04 bits per heavy atom. The Labute approximate surface area is 302 Å². The van der Waals surface area contributed by atoms with Gasteiger partial charge in [0.05, 0.1) is 21.4 Å². The van der Waals surface area contributed by atoms with E-state index in [1.165, 1.54) is 15.5 Å². The molecule has 4 aromatic heterocycles. The molecule has 0 aliphatic rings. The monoisotopic (exact) mass is 681 g/mol. The third kappa shape index (κ3) is 4.50. The average Bonchev–Trinajstić information content (AvgIpc) is 3.80. The van der Waals surface area contributed by atoms with Crippen molar-refractivity contribution in [2.45, 2.75) is 0 Å². The lowest BCUT2D eigenvalue weighted by molar-refractivity contribution is 0.669. The fourth-order valence-corrected chi connectivity index (χ4v) is 8.77. The molecule has 11 rings (SSSR count). The lowest BCUT2D eigenvalue weighted by Crippen LogP contribution is -1.93. The first kappa shape index (κ1) is 29.1. The number of pyridine rings is 1. The smallest absolute Gasteiger partial charge is 0.162 e. The summed E-state index contributed by atoms with van der Waals surface area (Å²) in [6, 6.07) is 57.2. The standard InChI is InChI=1S/C47H27N3OS/c1-2-12-31(13-3-1)47-49-43(46-44(50-47)36-18-7-9-20-39(36)52-46)30-23-21-28(22-24-30)32-14-10-15-33(27-32)42-45-41(35-17-6-8-19-38(35)51-45)40-34-16-5-4-11-29(34)25-26-37(40)48-42/h1-27H. The Bertz CT molecular complexity index is 3180. The van der Waals surface area contributed by atoms with E-state index >= 15 is 0 Å².